The van der Waals surface area contributed by atoms with E-state index in [0.29, 0.717) is 11.3 Å². The van der Waals surface area contributed by atoms with Crippen molar-refractivity contribution in [3.8, 4) is 5.82 Å². The van der Waals surface area contributed by atoms with Gasteiger partial charge in [-0.3, -0.25) is 14.7 Å². The molecule has 3 heterocycles. The van der Waals surface area contributed by atoms with Crippen LogP contribution in [0, 0.1) is 10.1 Å². The highest BCUT2D eigenvalue weighted by atomic mass is 16.6. The van der Waals surface area contributed by atoms with Crippen molar-refractivity contribution in [2.24, 2.45) is 0 Å². The van der Waals surface area contributed by atoms with Crippen LogP contribution in [0.1, 0.15) is 0 Å². The van der Waals surface area contributed by atoms with Crippen LogP contribution in [0.4, 0.5) is 17.3 Å². The summed E-state index contributed by atoms with van der Waals surface area (Å²) in [5.74, 6) is 0.643. The van der Waals surface area contributed by atoms with Crippen LogP contribution in [0.5, 0.6) is 0 Å². The van der Waals surface area contributed by atoms with Gasteiger partial charge in [-0.25, -0.2) is 19.9 Å². The standard InChI is InChI=1S/C16H11N7O2/c24-23(25)14-15(21-13-7-3-4-8-17-13)18-9-19-16(14)22-10-20-11-5-1-2-6-12(11)22/h1-10H,(H,17,18,19,21). The Kier molecular flexibility index (Phi) is 3.51. The number of nitrogens with zero attached hydrogens (tertiary/aromatic N) is 6. The van der Waals surface area contributed by atoms with Crippen molar-refractivity contribution < 1.29 is 4.92 Å². The number of para-hydroxylation sites is 2. The first-order valence-corrected chi connectivity index (χ1v) is 7.34. The summed E-state index contributed by atoms with van der Waals surface area (Å²) in [4.78, 5) is 27.6. The fraction of sp³-hybridized carbons (Fsp3) is 0. The highest BCUT2D eigenvalue weighted by Crippen LogP contribution is 2.31. The van der Waals surface area contributed by atoms with E-state index >= 15 is 0 Å². The molecule has 0 fully saturated rings. The van der Waals surface area contributed by atoms with E-state index in [2.05, 4.69) is 25.3 Å². The average molecular weight is 333 g/mol. The number of imidazole rings is 1. The number of benzene rings is 1. The van der Waals surface area contributed by atoms with Crippen LogP contribution in [-0.2, 0) is 0 Å². The predicted molar refractivity (Wildman–Crippen MR) is 90.8 cm³/mol. The maximum absolute atomic E-state index is 11.7. The summed E-state index contributed by atoms with van der Waals surface area (Å²) in [5, 5.41) is 14.6. The first-order chi connectivity index (χ1) is 12.2. The van der Waals surface area contributed by atoms with Gasteiger partial charge in [-0.15, -0.1) is 0 Å². The van der Waals surface area contributed by atoms with E-state index in [-0.39, 0.29) is 17.3 Å². The number of aromatic nitrogens is 5. The number of hydrogen-bond acceptors (Lipinski definition) is 7. The molecule has 1 N–H and O–H groups in total. The molecule has 4 rings (SSSR count). The van der Waals surface area contributed by atoms with Crippen LogP contribution in [0.25, 0.3) is 16.9 Å². The van der Waals surface area contributed by atoms with Crippen molar-refractivity contribution >= 4 is 28.4 Å². The highest BCUT2D eigenvalue weighted by molar-refractivity contribution is 5.79. The minimum atomic E-state index is -0.518. The average Bonchev–Trinajstić information content (AvgIpc) is 3.06. The Morgan fingerprint density at radius 3 is 2.64 bits per heavy atom. The topological polar surface area (TPSA) is 112 Å². The largest absolute Gasteiger partial charge is 0.354 e. The van der Waals surface area contributed by atoms with E-state index in [1.807, 2.05) is 24.3 Å². The molecule has 3 aromatic heterocycles. The van der Waals surface area contributed by atoms with Gasteiger partial charge in [-0.2, -0.15) is 0 Å². The first kappa shape index (κ1) is 14.7. The van der Waals surface area contributed by atoms with E-state index < -0.39 is 4.92 Å². The van der Waals surface area contributed by atoms with Gasteiger partial charge in [0.25, 0.3) is 0 Å². The van der Waals surface area contributed by atoms with Crippen LogP contribution >= 0.6 is 0 Å². The molecule has 0 atom stereocenters. The van der Waals surface area contributed by atoms with Crippen LogP contribution in [0.2, 0.25) is 0 Å². The molecular formula is C16H11N7O2. The third kappa shape index (κ3) is 2.63. The second kappa shape index (κ2) is 5.96. The maximum atomic E-state index is 11.7. The number of pyridine rings is 1. The van der Waals surface area contributed by atoms with E-state index in [4.69, 9.17) is 0 Å². The van der Waals surface area contributed by atoms with Gasteiger partial charge in [0.15, 0.2) is 0 Å². The molecule has 1 aromatic carbocycles. The Hall–Kier alpha value is -3.88. The molecule has 0 spiro atoms. The molecule has 122 valence electrons. The van der Waals surface area contributed by atoms with Crippen molar-refractivity contribution in [1.29, 1.82) is 0 Å². The van der Waals surface area contributed by atoms with Crippen molar-refractivity contribution in [1.82, 2.24) is 24.5 Å². The molecule has 9 nitrogen and oxygen atoms in total. The zero-order chi connectivity index (χ0) is 17.2. The summed E-state index contributed by atoms with van der Waals surface area (Å²) in [7, 11) is 0. The number of rotatable bonds is 4. The van der Waals surface area contributed by atoms with Crippen LogP contribution < -0.4 is 5.32 Å². The summed E-state index contributed by atoms with van der Waals surface area (Å²) in [6, 6.07) is 12.5. The normalized spacial score (nSPS) is 10.7. The molecule has 9 heteroatoms. The lowest BCUT2D eigenvalue weighted by molar-refractivity contribution is -0.384. The van der Waals surface area contributed by atoms with Gasteiger partial charge in [-0.1, -0.05) is 18.2 Å². The molecule has 0 saturated heterocycles. The maximum Gasteiger partial charge on any atom is 0.354 e. The lowest BCUT2D eigenvalue weighted by atomic mass is 10.3. The molecule has 0 aliphatic rings. The Morgan fingerprint density at radius 1 is 1.00 bits per heavy atom. The lowest BCUT2D eigenvalue weighted by Crippen LogP contribution is -2.07. The minimum Gasteiger partial charge on any atom is -0.319 e. The molecule has 0 saturated carbocycles. The van der Waals surface area contributed by atoms with E-state index in [0.717, 1.165) is 5.52 Å². The fourth-order valence-electron chi connectivity index (χ4n) is 2.49. The van der Waals surface area contributed by atoms with Crippen LogP contribution in [-0.4, -0.2) is 29.4 Å². The van der Waals surface area contributed by atoms with E-state index in [1.54, 1.807) is 29.0 Å². The Bertz CT molecular complexity index is 1060. The third-order valence-electron chi connectivity index (χ3n) is 3.58. The van der Waals surface area contributed by atoms with Gasteiger partial charge in [0.2, 0.25) is 11.6 Å². The van der Waals surface area contributed by atoms with Gasteiger partial charge < -0.3 is 5.32 Å². The van der Waals surface area contributed by atoms with Crippen LogP contribution in [0.15, 0.2) is 61.3 Å². The van der Waals surface area contributed by atoms with Crippen molar-refractivity contribution in [3.05, 3.63) is 71.4 Å². The second-order valence-corrected chi connectivity index (χ2v) is 5.09. The number of fused-ring (bicyclic) bond motifs is 1. The smallest absolute Gasteiger partial charge is 0.319 e. The molecule has 0 amide bonds. The minimum absolute atomic E-state index is 0.0616. The number of hydrogen-bond donors (Lipinski definition) is 1. The molecular weight excluding hydrogens is 322 g/mol. The summed E-state index contributed by atoms with van der Waals surface area (Å²) in [6.45, 7) is 0. The van der Waals surface area contributed by atoms with E-state index in [9.17, 15) is 10.1 Å². The van der Waals surface area contributed by atoms with Gasteiger partial charge in [0, 0.05) is 6.20 Å². The quantitative estimate of drug-likeness (QED) is 0.451. The first-order valence-electron chi connectivity index (χ1n) is 7.34. The van der Waals surface area contributed by atoms with Gasteiger partial charge in [-0.05, 0) is 24.3 Å². The van der Waals surface area contributed by atoms with Crippen molar-refractivity contribution in [2.45, 2.75) is 0 Å². The number of anilines is 2. The van der Waals surface area contributed by atoms with Crippen molar-refractivity contribution in [2.75, 3.05) is 5.32 Å². The number of nitro groups is 1. The van der Waals surface area contributed by atoms with Crippen LogP contribution in [0.3, 0.4) is 0 Å². The summed E-state index contributed by atoms with van der Waals surface area (Å²) < 4.78 is 1.57. The molecule has 0 bridgehead atoms. The van der Waals surface area contributed by atoms with Gasteiger partial charge >= 0.3 is 5.69 Å². The van der Waals surface area contributed by atoms with Crippen molar-refractivity contribution in [3.63, 3.8) is 0 Å². The lowest BCUT2D eigenvalue weighted by Gasteiger charge is -2.09. The monoisotopic (exact) mass is 333 g/mol. The summed E-state index contributed by atoms with van der Waals surface area (Å²) in [5.41, 5.74) is 1.18. The number of nitrogens with one attached hydrogen (secondary N) is 1. The third-order valence-corrected chi connectivity index (χ3v) is 3.58. The molecule has 0 unspecified atom stereocenters. The Morgan fingerprint density at radius 2 is 1.84 bits per heavy atom. The molecule has 0 radical (unpaired) electrons. The summed E-state index contributed by atoms with van der Waals surface area (Å²) >= 11 is 0. The van der Waals surface area contributed by atoms with Gasteiger partial charge in [0.1, 0.15) is 18.5 Å². The Balaban J connectivity index is 1.89. The molecule has 0 aliphatic heterocycles. The fourth-order valence-corrected chi connectivity index (χ4v) is 2.49. The molecule has 4 aromatic rings. The zero-order valence-corrected chi connectivity index (χ0v) is 12.8. The zero-order valence-electron chi connectivity index (χ0n) is 12.8. The van der Waals surface area contributed by atoms with E-state index in [1.165, 1.54) is 12.7 Å². The molecule has 0 aliphatic carbocycles. The highest BCUT2D eigenvalue weighted by Gasteiger charge is 2.25. The van der Waals surface area contributed by atoms with Gasteiger partial charge in [0.05, 0.1) is 16.0 Å². The Labute approximate surface area is 141 Å². The SMILES string of the molecule is O=[N+]([O-])c1c(Nc2ccccn2)ncnc1-n1cnc2ccccc21. The summed E-state index contributed by atoms with van der Waals surface area (Å²) in [6.07, 6.45) is 4.35. The molecule has 25 heavy (non-hydrogen) atoms. The second-order valence-electron chi connectivity index (χ2n) is 5.09. The predicted octanol–water partition coefficient (Wildman–Crippen LogP) is 2.86.